The van der Waals surface area contributed by atoms with E-state index in [1.165, 1.54) is 0 Å². The predicted molar refractivity (Wildman–Crippen MR) is 97.8 cm³/mol. The molecular formula is C17H22BrN3O7. The number of aromatic nitrogens is 3. The van der Waals surface area contributed by atoms with Crippen LogP contribution in [0, 0.1) is 0 Å². The molecule has 0 bridgehead atoms. The van der Waals surface area contributed by atoms with E-state index < -0.39 is 42.1 Å². The van der Waals surface area contributed by atoms with E-state index in [0.29, 0.717) is 4.48 Å². The molecule has 11 heteroatoms. The highest BCUT2D eigenvalue weighted by Gasteiger charge is 2.51. The second kappa shape index (κ2) is 7.90. The van der Waals surface area contributed by atoms with Crippen LogP contribution in [0.1, 0.15) is 54.7 Å². The topological polar surface area (TPSA) is 122 Å². The number of rotatable bonds is 5. The number of carbonyl (C=O) groups is 2. The van der Waals surface area contributed by atoms with Crippen LogP contribution >= 0.6 is 15.9 Å². The first-order chi connectivity index (χ1) is 13.2. The highest BCUT2D eigenvalue weighted by atomic mass is 79.9. The molecule has 1 fully saturated rings. The molecule has 4 atom stereocenters. The SMILES string of the molecule is CCOC(=O)c1nnn([C@H]2C=C(Br)[C@H]3OC(C)(C)O[C@H]3[C@@H]2O)c1C(=O)OCC. The summed E-state index contributed by atoms with van der Waals surface area (Å²) < 4.78 is 23.4. The van der Waals surface area contributed by atoms with Crippen molar-refractivity contribution in [3.8, 4) is 0 Å². The van der Waals surface area contributed by atoms with Gasteiger partial charge >= 0.3 is 11.9 Å². The fourth-order valence-electron chi connectivity index (χ4n) is 3.25. The zero-order chi connectivity index (χ0) is 20.6. The van der Waals surface area contributed by atoms with Crippen LogP contribution in [0.15, 0.2) is 10.6 Å². The standard InChI is InChI=1S/C17H22BrN3O7/c1-5-25-15(23)10-11(16(24)26-6-2)21(20-19-10)9-7-8(18)13-14(12(9)22)28-17(3,4)27-13/h7,9,12-14,22H,5-6H2,1-4H3/t9-,12+,13+,14-/m0/s1. The molecule has 0 amide bonds. The molecule has 1 aromatic rings. The molecule has 1 saturated heterocycles. The summed E-state index contributed by atoms with van der Waals surface area (Å²) in [4.78, 5) is 24.7. The van der Waals surface area contributed by atoms with E-state index >= 15 is 0 Å². The number of hydrogen-bond donors (Lipinski definition) is 1. The van der Waals surface area contributed by atoms with Gasteiger partial charge in [0.25, 0.3) is 0 Å². The average molecular weight is 460 g/mol. The fourth-order valence-corrected chi connectivity index (χ4v) is 3.87. The van der Waals surface area contributed by atoms with Crippen molar-refractivity contribution in [3.63, 3.8) is 0 Å². The summed E-state index contributed by atoms with van der Waals surface area (Å²) in [6.45, 7) is 6.95. The van der Waals surface area contributed by atoms with Crippen LogP contribution in [0.5, 0.6) is 0 Å². The zero-order valence-corrected chi connectivity index (χ0v) is 17.5. The first-order valence-electron chi connectivity index (χ1n) is 8.90. The lowest BCUT2D eigenvalue weighted by Crippen LogP contribution is -2.45. The van der Waals surface area contributed by atoms with Crippen molar-refractivity contribution < 1.29 is 33.6 Å². The lowest BCUT2D eigenvalue weighted by molar-refractivity contribution is -0.154. The second-order valence-corrected chi connectivity index (χ2v) is 7.64. The minimum atomic E-state index is -1.11. The minimum Gasteiger partial charge on any atom is -0.461 e. The van der Waals surface area contributed by atoms with E-state index in [0.717, 1.165) is 4.68 Å². The highest BCUT2D eigenvalue weighted by molar-refractivity contribution is 9.11. The number of carbonyl (C=O) groups excluding carboxylic acids is 2. The number of esters is 2. The average Bonchev–Trinajstić information content (AvgIpc) is 3.19. The van der Waals surface area contributed by atoms with Crippen molar-refractivity contribution in [2.24, 2.45) is 0 Å². The summed E-state index contributed by atoms with van der Waals surface area (Å²) in [7, 11) is 0. The van der Waals surface area contributed by atoms with Crippen molar-refractivity contribution in [2.75, 3.05) is 13.2 Å². The van der Waals surface area contributed by atoms with Crippen LogP contribution in [-0.2, 0) is 18.9 Å². The molecule has 0 aromatic carbocycles. The van der Waals surface area contributed by atoms with E-state index in [9.17, 15) is 14.7 Å². The van der Waals surface area contributed by atoms with Gasteiger partial charge in [0.15, 0.2) is 11.5 Å². The van der Waals surface area contributed by atoms with Crippen LogP contribution in [0.25, 0.3) is 0 Å². The first kappa shape index (κ1) is 20.9. The van der Waals surface area contributed by atoms with Crippen LogP contribution in [-0.4, -0.2) is 69.4 Å². The largest absolute Gasteiger partial charge is 0.461 e. The van der Waals surface area contributed by atoms with E-state index in [1.807, 2.05) is 0 Å². The number of halogens is 1. The third-order valence-electron chi connectivity index (χ3n) is 4.33. The Balaban J connectivity index is 2.03. The molecule has 0 spiro atoms. The van der Waals surface area contributed by atoms with Gasteiger partial charge in [-0.05, 0) is 33.8 Å². The minimum absolute atomic E-state index is 0.0921. The lowest BCUT2D eigenvalue weighted by atomic mass is 9.94. The number of aliphatic hydroxyl groups is 1. The number of fused-ring (bicyclic) bond motifs is 1. The summed E-state index contributed by atoms with van der Waals surface area (Å²) in [6.07, 6.45) is -0.675. The maximum atomic E-state index is 12.5. The van der Waals surface area contributed by atoms with Gasteiger partial charge in [-0.3, -0.25) is 0 Å². The molecule has 154 valence electrons. The summed E-state index contributed by atoms with van der Waals surface area (Å²) >= 11 is 3.44. The molecule has 1 aliphatic carbocycles. The van der Waals surface area contributed by atoms with Crippen LogP contribution in [0.2, 0.25) is 0 Å². The van der Waals surface area contributed by atoms with E-state index in [1.54, 1.807) is 33.8 Å². The number of hydrogen-bond acceptors (Lipinski definition) is 9. The van der Waals surface area contributed by atoms with Crippen molar-refractivity contribution in [3.05, 3.63) is 21.9 Å². The van der Waals surface area contributed by atoms with E-state index in [4.69, 9.17) is 18.9 Å². The molecule has 1 aromatic heterocycles. The van der Waals surface area contributed by atoms with Crippen molar-refractivity contribution >= 4 is 27.9 Å². The highest BCUT2D eigenvalue weighted by Crippen LogP contribution is 2.42. The molecule has 1 aliphatic heterocycles. The molecular weight excluding hydrogens is 438 g/mol. The monoisotopic (exact) mass is 459 g/mol. The van der Waals surface area contributed by atoms with Gasteiger partial charge in [0.2, 0.25) is 5.69 Å². The Hall–Kier alpha value is -1.82. The van der Waals surface area contributed by atoms with Crippen LogP contribution in [0.3, 0.4) is 0 Å². The molecule has 10 nitrogen and oxygen atoms in total. The predicted octanol–water partition coefficient (Wildman–Crippen LogP) is 1.35. The van der Waals surface area contributed by atoms with Crippen LogP contribution in [0.4, 0.5) is 0 Å². The fraction of sp³-hybridized carbons (Fsp3) is 0.647. The van der Waals surface area contributed by atoms with Gasteiger partial charge in [-0.2, -0.15) is 0 Å². The van der Waals surface area contributed by atoms with Crippen molar-refractivity contribution in [2.45, 2.75) is 57.8 Å². The van der Waals surface area contributed by atoms with Gasteiger partial charge < -0.3 is 24.1 Å². The van der Waals surface area contributed by atoms with Gasteiger partial charge in [0.1, 0.15) is 24.4 Å². The van der Waals surface area contributed by atoms with E-state index in [-0.39, 0.29) is 24.6 Å². The smallest absolute Gasteiger partial charge is 0.361 e. The summed E-state index contributed by atoms with van der Waals surface area (Å²) in [5, 5.41) is 18.6. The van der Waals surface area contributed by atoms with Gasteiger partial charge in [0.05, 0.1) is 13.2 Å². The molecule has 0 saturated carbocycles. The lowest BCUT2D eigenvalue weighted by Gasteiger charge is -2.32. The van der Waals surface area contributed by atoms with E-state index in [2.05, 4.69) is 26.2 Å². The summed E-state index contributed by atoms with van der Waals surface area (Å²) in [6, 6.07) is -0.844. The maximum Gasteiger partial charge on any atom is 0.361 e. The zero-order valence-electron chi connectivity index (χ0n) is 15.9. The second-order valence-electron chi connectivity index (χ2n) is 6.73. The van der Waals surface area contributed by atoms with Gasteiger partial charge in [0, 0.05) is 4.48 Å². The molecule has 2 aliphatic rings. The molecule has 28 heavy (non-hydrogen) atoms. The van der Waals surface area contributed by atoms with Crippen molar-refractivity contribution in [1.82, 2.24) is 15.0 Å². The third-order valence-corrected chi connectivity index (χ3v) is 5.05. The number of ether oxygens (including phenoxy) is 4. The Bertz CT molecular complexity index is 807. The molecule has 1 N–H and O–H groups in total. The Morgan fingerprint density at radius 2 is 1.89 bits per heavy atom. The number of nitrogens with zero attached hydrogens (tertiary/aromatic N) is 3. The third kappa shape index (κ3) is 3.71. The molecule has 0 radical (unpaired) electrons. The summed E-state index contributed by atoms with van der Waals surface area (Å²) in [5.41, 5.74) is -0.472. The van der Waals surface area contributed by atoms with Crippen molar-refractivity contribution in [1.29, 1.82) is 0 Å². The molecule has 3 rings (SSSR count). The Labute approximate surface area is 169 Å². The maximum absolute atomic E-state index is 12.5. The van der Waals surface area contributed by atoms with Gasteiger partial charge in [-0.1, -0.05) is 21.1 Å². The van der Waals surface area contributed by atoms with Gasteiger partial charge in [-0.15, -0.1) is 5.10 Å². The number of aliphatic hydroxyl groups excluding tert-OH is 1. The molecule has 2 heterocycles. The van der Waals surface area contributed by atoms with Gasteiger partial charge in [-0.25, -0.2) is 14.3 Å². The Morgan fingerprint density at radius 1 is 1.25 bits per heavy atom. The Kier molecular flexibility index (Phi) is 5.89. The normalized spacial score (nSPS) is 28.4. The summed E-state index contributed by atoms with van der Waals surface area (Å²) in [5.74, 6) is -2.48. The first-order valence-corrected chi connectivity index (χ1v) is 9.69. The Morgan fingerprint density at radius 3 is 2.54 bits per heavy atom. The quantitative estimate of drug-likeness (QED) is 0.649. The molecule has 0 unspecified atom stereocenters. The van der Waals surface area contributed by atoms with Crippen LogP contribution < -0.4 is 0 Å².